The molecule has 13 rings (SSSR count). The molecule has 9 aromatic carbocycles. The molecule has 12 aromatic rings. The van der Waals surface area contributed by atoms with Crippen LogP contribution in [0.15, 0.2) is 201 Å². The maximum Gasteiger partial charge on any atom is 0.159 e. The molecule has 3 aromatic heterocycles. The van der Waals surface area contributed by atoms with E-state index in [4.69, 9.17) is 18.8 Å². The lowest BCUT2D eigenvalue weighted by Gasteiger charge is -2.24. The van der Waals surface area contributed by atoms with Crippen molar-refractivity contribution >= 4 is 98.9 Å². The standard InChI is InChI=1S/C53H32N4O2/c1-2-14-33-29-45-41(26-32(33)13-1)37-17-5-8-21-44(37)57(45)46-30-35(28-43-39-19-7-10-23-48(39)59-50(43)46)52-54-51(34-24-25-49-42(27-34)38-18-6-9-22-47(38)58-49)55-53(56-52)40-20-11-15-31-12-3-4-16-36(31)40/h1-30,51H,(H,54,55,56). The highest BCUT2D eigenvalue weighted by Crippen LogP contribution is 2.41. The molecule has 0 saturated carbocycles. The van der Waals surface area contributed by atoms with Crippen LogP contribution in [0, 0.1) is 0 Å². The Balaban J connectivity index is 1.10. The van der Waals surface area contributed by atoms with E-state index in [9.17, 15) is 0 Å². The van der Waals surface area contributed by atoms with Crippen molar-refractivity contribution in [2.75, 3.05) is 0 Å². The lowest BCUT2D eigenvalue weighted by molar-refractivity contribution is 0.663. The van der Waals surface area contributed by atoms with Crippen LogP contribution in [0.2, 0.25) is 0 Å². The Morgan fingerprint density at radius 2 is 1.12 bits per heavy atom. The third kappa shape index (κ3) is 4.87. The van der Waals surface area contributed by atoms with Crippen molar-refractivity contribution in [3.63, 3.8) is 0 Å². The van der Waals surface area contributed by atoms with Crippen LogP contribution in [0.4, 0.5) is 0 Å². The Kier molecular flexibility index (Phi) is 6.69. The molecule has 1 unspecified atom stereocenters. The molecule has 0 fully saturated rings. The van der Waals surface area contributed by atoms with Gasteiger partial charge in [-0.25, -0.2) is 9.98 Å². The molecule has 6 heteroatoms. The molecule has 1 N–H and O–H groups in total. The zero-order valence-electron chi connectivity index (χ0n) is 31.6. The summed E-state index contributed by atoms with van der Waals surface area (Å²) in [5.74, 6) is 1.39. The first-order valence-electron chi connectivity index (χ1n) is 19.9. The number of furan rings is 2. The van der Waals surface area contributed by atoms with Gasteiger partial charge in [0.2, 0.25) is 0 Å². The summed E-state index contributed by atoms with van der Waals surface area (Å²) < 4.78 is 15.4. The highest BCUT2D eigenvalue weighted by molar-refractivity contribution is 6.20. The molecule has 0 radical (unpaired) electrons. The second-order valence-electron chi connectivity index (χ2n) is 15.4. The molecule has 276 valence electrons. The molecule has 1 atom stereocenters. The van der Waals surface area contributed by atoms with Crippen molar-refractivity contribution in [1.82, 2.24) is 9.88 Å². The molecule has 59 heavy (non-hydrogen) atoms. The van der Waals surface area contributed by atoms with Gasteiger partial charge in [0.05, 0.1) is 16.7 Å². The Bertz CT molecular complexity index is 3780. The van der Waals surface area contributed by atoms with Gasteiger partial charge in [0, 0.05) is 43.4 Å². The van der Waals surface area contributed by atoms with Crippen molar-refractivity contribution in [2.24, 2.45) is 9.98 Å². The third-order valence-corrected chi connectivity index (χ3v) is 12.0. The molecule has 1 aliphatic heterocycles. The number of aliphatic imine (C=N–C) groups is 2. The van der Waals surface area contributed by atoms with Crippen LogP contribution in [0.25, 0.3) is 92.9 Å². The second-order valence-corrected chi connectivity index (χ2v) is 15.4. The van der Waals surface area contributed by atoms with Gasteiger partial charge >= 0.3 is 0 Å². The summed E-state index contributed by atoms with van der Waals surface area (Å²) in [6.45, 7) is 0. The summed E-state index contributed by atoms with van der Waals surface area (Å²) >= 11 is 0. The highest BCUT2D eigenvalue weighted by Gasteiger charge is 2.26. The van der Waals surface area contributed by atoms with E-state index in [0.717, 1.165) is 93.9 Å². The number of hydrogen-bond donors (Lipinski definition) is 1. The van der Waals surface area contributed by atoms with E-state index < -0.39 is 6.17 Å². The van der Waals surface area contributed by atoms with E-state index in [2.05, 4.69) is 168 Å². The Morgan fingerprint density at radius 3 is 1.97 bits per heavy atom. The average Bonchev–Trinajstić information content (AvgIpc) is 3.97. The maximum absolute atomic E-state index is 6.81. The number of amidine groups is 2. The smallest absolute Gasteiger partial charge is 0.159 e. The molecule has 4 heterocycles. The van der Waals surface area contributed by atoms with E-state index in [1.54, 1.807) is 0 Å². The summed E-state index contributed by atoms with van der Waals surface area (Å²) in [5, 5.41) is 15.0. The first-order valence-corrected chi connectivity index (χ1v) is 19.9. The summed E-state index contributed by atoms with van der Waals surface area (Å²) in [4.78, 5) is 10.9. The molecular formula is C53H32N4O2. The zero-order chi connectivity index (χ0) is 38.6. The molecular weight excluding hydrogens is 725 g/mol. The summed E-state index contributed by atoms with van der Waals surface area (Å²) in [7, 11) is 0. The number of nitrogens with one attached hydrogen (secondary N) is 1. The monoisotopic (exact) mass is 756 g/mol. The number of fused-ring (bicyclic) bond motifs is 11. The van der Waals surface area contributed by atoms with Crippen LogP contribution >= 0.6 is 0 Å². The number of rotatable bonds is 4. The number of nitrogens with zero attached hydrogens (tertiary/aromatic N) is 3. The predicted molar refractivity (Wildman–Crippen MR) is 242 cm³/mol. The van der Waals surface area contributed by atoms with Crippen LogP contribution in [-0.2, 0) is 0 Å². The second kappa shape index (κ2) is 12.3. The van der Waals surface area contributed by atoms with Crippen LogP contribution in [-0.4, -0.2) is 16.2 Å². The molecule has 0 bridgehead atoms. The fraction of sp³-hybridized carbons (Fsp3) is 0.0189. The molecule has 0 aliphatic carbocycles. The molecule has 0 spiro atoms. The highest BCUT2D eigenvalue weighted by atomic mass is 16.3. The minimum atomic E-state index is -0.436. The normalized spacial score (nSPS) is 14.6. The van der Waals surface area contributed by atoms with Crippen molar-refractivity contribution in [3.05, 3.63) is 199 Å². The van der Waals surface area contributed by atoms with Crippen molar-refractivity contribution in [3.8, 4) is 5.69 Å². The largest absolute Gasteiger partial charge is 0.456 e. The van der Waals surface area contributed by atoms with Gasteiger partial charge in [-0.05, 0) is 81.7 Å². The first-order chi connectivity index (χ1) is 29.2. The Morgan fingerprint density at radius 1 is 0.458 bits per heavy atom. The molecule has 6 nitrogen and oxygen atoms in total. The minimum Gasteiger partial charge on any atom is -0.456 e. The van der Waals surface area contributed by atoms with Crippen molar-refractivity contribution in [2.45, 2.75) is 6.17 Å². The third-order valence-electron chi connectivity index (χ3n) is 12.0. The minimum absolute atomic E-state index is 0.436. The topological polar surface area (TPSA) is 68.0 Å². The quantitative estimate of drug-likeness (QED) is 0.194. The van der Waals surface area contributed by atoms with Gasteiger partial charge < -0.3 is 18.7 Å². The van der Waals surface area contributed by atoms with Gasteiger partial charge in [-0.1, -0.05) is 127 Å². The van der Waals surface area contributed by atoms with Crippen LogP contribution in [0.3, 0.4) is 0 Å². The van der Waals surface area contributed by atoms with E-state index in [0.29, 0.717) is 5.84 Å². The molecule has 0 amide bonds. The summed E-state index contributed by atoms with van der Waals surface area (Å²) in [5.41, 5.74) is 9.41. The number of hydrogen-bond acceptors (Lipinski definition) is 5. The maximum atomic E-state index is 6.81. The fourth-order valence-corrected chi connectivity index (χ4v) is 9.25. The SMILES string of the molecule is c1ccc2cc3c(cc2c1)c1ccccc1n3-c1cc(C2=NC(c3ccc4oc5ccccc5c4c3)NC(c3cccc4ccccc34)=N2)cc2c1oc1ccccc12. The van der Waals surface area contributed by atoms with E-state index >= 15 is 0 Å². The van der Waals surface area contributed by atoms with Gasteiger partial charge in [0.1, 0.15) is 28.8 Å². The number of benzene rings is 9. The first kappa shape index (κ1) is 32.2. The molecule has 1 aliphatic rings. The van der Waals surface area contributed by atoms with Crippen LogP contribution in [0.5, 0.6) is 0 Å². The lowest BCUT2D eigenvalue weighted by atomic mass is 10.0. The van der Waals surface area contributed by atoms with Gasteiger partial charge in [0.25, 0.3) is 0 Å². The Labute approximate surface area is 336 Å². The van der Waals surface area contributed by atoms with Crippen LogP contribution in [0.1, 0.15) is 22.9 Å². The van der Waals surface area contributed by atoms with E-state index in [1.165, 1.54) is 21.5 Å². The lowest BCUT2D eigenvalue weighted by Crippen LogP contribution is -2.33. The van der Waals surface area contributed by atoms with Crippen molar-refractivity contribution in [1.29, 1.82) is 0 Å². The summed E-state index contributed by atoms with van der Waals surface area (Å²) in [6.07, 6.45) is -0.436. The number of para-hydroxylation sites is 3. The van der Waals surface area contributed by atoms with Gasteiger partial charge in [-0.15, -0.1) is 0 Å². The van der Waals surface area contributed by atoms with Gasteiger partial charge in [-0.3, -0.25) is 0 Å². The van der Waals surface area contributed by atoms with E-state index in [1.807, 2.05) is 24.3 Å². The molecule has 0 saturated heterocycles. The van der Waals surface area contributed by atoms with Crippen LogP contribution < -0.4 is 5.32 Å². The van der Waals surface area contributed by atoms with Gasteiger partial charge in [-0.2, -0.15) is 0 Å². The Hall–Kier alpha value is -7.96. The number of aromatic nitrogens is 1. The van der Waals surface area contributed by atoms with Gasteiger partial charge in [0.15, 0.2) is 11.4 Å². The average molecular weight is 757 g/mol. The van der Waals surface area contributed by atoms with E-state index in [-0.39, 0.29) is 0 Å². The zero-order valence-corrected chi connectivity index (χ0v) is 31.6. The predicted octanol–water partition coefficient (Wildman–Crippen LogP) is 13.4. The fourth-order valence-electron chi connectivity index (χ4n) is 9.25. The van der Waals surface area contributed by atoms with Crippen molar-refractivity contribution < 1.29 is 8.83 Å². The summed E-state index contributed by atoms with van der Waals surface area (Å²) in [6, 6.07) is 63.9.